The van der Waals surface area contributed by atoms with E-state index in [9.17, 15) is 9.59 Å². The molecule has 1 N–H and O–H groups in total. The molecule has 1 saturated heterocycles. The van der Waals surface area contributed by atoms with Crippen molar-refractivity contribution in [1.29, 1.82) is 0 Å². The van der Waals surface area contributed by atoms with Gasteiger partial charge in [0.25, 0.3) is 0 Å². The number of carbonyl (C=O) groups excluding carboxylic acids is 1. The van der Waals surface area contributed by atoms with Gasteiger partial charge < -0.3 is 14.6 Å². The molecule has 0 unspecified atom stereocenters. The van der Waals surface area contributed by atoms with Crippen LogP contribution in [0.2, 0.25) is 0 Å². The van der Waals surface area contributed by atoms with Crippen molar-refractivity contribution in [2.45, 2.75) is 31.8 Å². The number of aromatic nitrogens is 2. The lowest BCUT2D eigenvalue weighted by Crippen LogP contribution is -2.40. The van der Waals surface area contributed by atoms with E-state index in [2.05, 4.69) is 4.98 Å². The number of fused-ring (bicyclic) bond motifs is 1. The summed E-state index contributed by atoms with van der Waals surface area (Å²) in [7, 11) is 0. The van der Waals surface area contributed by atoms with Gasteiger partial charge >= 0.3 is 5.97 Å². The second-order valence-electron chi connectivity index (χ2n) is 5.26. The molecule has 1 aliphatic rings. The van der Waals surface area contributed by atoms with Gasteiger partial charge in [-0.25, -0.2) is 9.78 Å². The summed E-state index contributed by atoms with van der Waals surface area (Å²) in [5.74, 6) is -1.01. The van der Waals surface area contributed by atoms with Gasteiger partial charge in [0.2, 0.25) is 5.91 Å². The Kier molecular flexibility index (Phi) is 3.60. The van der Waals surface area contributed by atoms with Gasteiger partial charge in [-0.05, 0) is 25.0 Å². The minimum atomic E-state index is -0.908. The number of para-hydroxylation sites is 2. The van der Waals surface area contributed by atoms with Crippen LogP contribution in [0.15, 0.2) is 30.6 Å². The van der Waals surface area contributed by atoms with Crippen molar-refractivity contribution in [2.75, 3.05) is 6.54 Å². The van der Waals surface area contributed by atoms with Crippen LogP contribution in [0.25, 0.3) is 11.0 Å². The number of rotatable bonds is 4. The number of hydrogen-bond acceptors (Lipinski definition) is 3. The second kappa shape index (κ2) is 5.55. The van der Waals surface area contributed by atoms with Crippen molar-refractivity contribution < 1.29 is 14.7 Å². The average Bonchev–Trinajstić information content (AvgIpc) is 3.12. The molecule has 1 fully saturated rings. The molecule has 2 aromatic rings. The number of likely N-dealkylation sites (tertiary alicyclic amines) is 1. The number of amides is 1. The van der Waals surface area contributed by atoms with Crippen molar-refractivity contribution in [3.05, 3.63) is 30.6 Å². The van der Waals surface area contributed by atoms with Gasteiger partial charge in [-0.1, -0.05) is 12.1 Å². The first-order valence-electron chi connectivity index (χ1n) is 7.09. The number of carboxylic acid groups (broad SMARTS) is 1. The molecule has 1 aromatic heterocycles. The van der Waals surface area contributed by atoms with Crippen LogP contribution in [-0.4, -0.2) is 44.0 Å². The number of aliphatic carboxylic acids is 1. The van der Waals surface area contributed by atoms with E-state index in [-0.39, 0.29) is 5.91 Å². The van der Waals surface area contributed by atoms with Crippen LogP contribution >= 0.6 is 0 Å². The van der Waals surface area contributed by atoms with E-state index in [1.165, 1.54) is 4.90 Å². The molecule has 1 aromatic carbocycles. The zero-order chi connectivity index (χ0) is 14.8. The number of carboxylic acids is 1. The highest BCUT2D eigenvalue weighted by atomic mass is 16.4. The predicted octanol–water partition coefficient (Wildman–Crippen LogP) is 1.50. The Morgan fingerprint density at radius 2 is 2.14 bits per heavy atom. The summed E-state index contributed by atoms with van der Waals surface area (Å²) in [6.07, 6.45) is 3.33. The summed E-state index contributed by atoms with van der Waals surface area (Å²) in [5, 5.41) is 9.12. The molecule has 2 heterocycles. The lowest BCUT2D eigenvalue weighted by atomic mass is 10.2. The molecule has 110 valence electrons. The van der Waals surface area contributed by atoms with E-state index in [1.54, 1.807) is 6.33 Å². The van der Waals surface area contributed by atoms with E-state index < -0.39 is 12.0 Å². The Morgan fingerprint density at radius 3 is 2.95 bits per heavy atom. The van der Waals surface area contributed by atoms with Gasteiger partial charge in [-0.2, -0.15) is 0 Å². The molecule has 6 heteroatoms. The normalized spacial score (nSPS) is 18.3. The van der Waals surface area contributed by atoms with Crippen molar-refractivity contribution >= 4 is 22.9 Å². The highest BCUT2D eigenvalue weighted by molar-refractivity contribution is 5.84. The van der Waals surface area contributed by atoms with E-state index >= 15 is 0 Å². The van der Waals surface area contributed by atoms with Crippen LogP contribution in [0.5, 0.6) is 0 Å². The summed E-state index contributed by atoms with van der Waals surface area (Å²) in [5.41, 5.74) is 1.89. The number of aryl methyl sites for hydroxylation is 1. The summed E-state index contributed by atoms with van der Waals surface area (Å²) >= 11 is 0. The van der Waals surface area contributed by atoms with E-state index in [0.717, 1.165) is 17.5 Å². The van der Waals surface area contributed by atoms with E-state index in [4.69, 9.17) is 5.11 Å². The molecule has 0 spiro atoms. The predicted molar refractivity (Wildman–Crippen MR) is 76.7 cm³/mol. The van der Waals surface area contributed by atoms with E-state index in [1.807, 2.05) is 28.8 Å². The molecular formula is C15H17N3O3. The third-order valence-corrected chi connectivity index (χ3v) is 3.95. The number of nitrogens with zero attached hydrogens (tertiary/aromatic N) is 3. The first-order chi connectivity index (χ1) is 10.2. The average molecular weight is 287 g/mol. The highest BCUT2D eigenvalue weighted by Gasteiger charge is 2.33. The van der Waals surface area contributed by atoms with Gasteiger partial charge in [-0.3, -0.25) is 4.79 Å². The molecule has 1 atom stereocenters. The molecule has 3 rings (SSSR count). The maximum Gasteiger partial charge on any atom is 0.326 e. The number of imidazole rings is 1. The van der Waals surface area contributed by atoms with Crippen LogP contribution < -0.4 is 0 Å². The second-order valence-corrected chi connectivity index (χ2v) is 5.26. The van der Waals surface area contributed by atoms with Crippen molar-refractivity contribution in [3.8, 4) is 0 Å². The SMILES string of the molecule is O=C(O)[C@H]1CCCN1C(=O)CCn1cnc2ccccc21. The number of carbonyl (C=O) groups is 2. The Hall–Kier alpha value is -2.37. The summed E-state index contributed by atoms with van der Waals surface area (Å²) in [6.45, 7) is 1.06. The largest absolute Gasteiger partial charge is 0.480 e. The Morgan fingerprint density at radius 1 is 1.33 bits per heavy atom. The quantitative estimate of drug-likeness (QED) is 0.924. The van der Waals surface area contributed by atoms with Gasteiger partial charge in [0.15, 0.2) is 0 Å². The number of benzene rings is 1. The van der Waals surface area contributed by atoms with Crippen LogP contribution in [0.1, 0.15) is 19.3 Å². The Bertz CT molecular complexity index is 680. The van der Waals surface area contributed by atoms with Crippen LogP contribution in [0.4, 0.5) is 0 Å². The standard InChI is InChI=1S/C15H17N3O3/c19-14(18-8-3-6-13(18)15(20)21)7-9-17-10-16-11-4-1-2-5-12(11)17/h1-2,4-5,10,13H,3,6-9H2,(H,20,21)/t13-/m1/s1. The topological polar surface area (TPSA) is 75.4 Å². The monoisotopic (exact) mass is 287 g/mol. The van der Waals surface area contributed by atoms with E-state index in [0.29, 0.717) is 25.9 Å². The van der Waals surface area contributed by atoms with Crippen LogP contribution in [0, 0.1) is 0 Å². The van der Waals surface area contributed by atoms with Crippen molar-refractivity contribution in [2.24, 2.45) is 0 Å². The van der Waals surface area contributed by atoms with Gasteiger partial charge in [0, 0.05) is 19.5 Å². The fourth-order valence-corrected chi connectivity index (χ4v) is 2.87. The summed E-state index contributed by atoms with van der Waals surface area (Å²) in [4.78, 5) is 29.1. The molecule has 1 aliphatic heterocycles. The smallest absolute Gasteiger partial charge is 0.326 e. The van der Waals surface area contributed by atoms with Gasteiger partial charge in [0.05, 0.1) is 17.4 Å². The van der Waals surface area contributed by atoms with Crippen molar-refractivity contribution in [3.63, 3.8) is 0 Å². The first-order valence-corrected chi connectivity index (χ1v) is 7.09. The van der Waals surface area contributed by atoms with Crippen LogP contribution in [-0.2, 0) is 16.1 Å². The highest BCUT2D eigenvalue weighted by Crippen LogP contribution is 2.19. The minimum absolute atomic E-state index is 0.0994. The summed E-state index contributed by atoms with van der Waals surface area (Å²) in [6, 6.07) is 7.09. The fourth-order valence-electron chi connectivity index (χ4n) is 2.87. The third-order valence-electron chi connectivity index (χ3n) is 3.95. The van der Waals surface area contributed by atoms with Gasteiger partial charge in [-0.15, -0.1) is 0 Å². The Labute approximate surface area is 122 Å². The molecule has 0 bridgehead atoms. The molecule has 0 saturated carbocycles. The first kappa shape index (κ1) is 13.6. The molecule has 21 heavy (non-hydrogen) atoms. The molecule has 1 amide bonds. The van der Waals surface area contributed by atoms with Gasteiger partial charge in [0.1, 0.15) is 6.04 Å². The molecule has 6 nitrogen and oxygen atoms in total. The Balaban J connectivity index is 1.67. The lowest BCUT2D eigenvalue weighted by molar-refractivity contribution is -0.148. The minimum Gasteiger partial charge on any atom is -0.480 e. The van der Waals surface area contributed by atoms with Crippen LogP contribution in [0.3, 0.4) is 0 Å². The molecule has 0 aliphatic carbocycles. The third kappa shape index (κ3) is 2.61. The fraction of sp³-hybridized carbons (Fsp3) is 0.400. The lowest BCUT2D eigenvalue weighted by Gasteiger charge is -2.21. The maximum absolute atomic E-state index is 12.2. The molecular weight excluding hydrogens is 270 g/mol. The zero-order valence-electron chi connectivity index (χ0n) is 11.6. The number of hydrogen-bond donors (Lipinski definition) is 1. The zero-order valence-corrected chi connectivity index (χ0v) is 11.6. The van der Waals surface area contributed by atoms with Crippen molar-refractivity contribution in [1.82, 2.24) is 14.5 Å². The summed E-state index contributed by atoms with van der Waals surface area (Å²) < 4.78 is 1.93. The molecule has 0 radical (unpaired) electrons. The maximum atomic E-state index is 12.2.